The fourth-order valence-corrected chi connectivity index (χ4v) is 6.15. The van der Waals surface area contributed by atoms with E-state index in [-0.39, 0.29) is 11.1 Å². The quantitative estimate of drug-likeness (QED) is 0.434. The molecule has 3 aliphatic carbocycles. The maximum atomic E-state index is 13.4. The second-order valence-electron chi connectivity index (χ2n) is 9.80. The van der Waals surface area contributed by atoms with Crippen LogP contribution in [-0.4, -0.2) is 29.8 Å². The normalized spacial score (nSPS) is 23.4. The summed E-state index contributed by atoms with van der Waals surface area (Å²) in [6, 6.07) is 17.5. The van der Waals surface area contributed by atoms with Crippen LogP contribution in [0.15, 0.2) is 78.1 Å². The van der Waals surface area contributed by atoms with Crippen LogP contribution in [0.25, 0.3) is 38.6 Å². The fourth-order valence-electron chi connectivity index (χ4n) is 6.15. The molecule has 168 valence electrons. The topological polar surface area (TPSA) is 99.0 Å². The number of nitrogens with two attached hydrogens (primary N) is 1. The molecule has 0 atom stereocenters. The van der Waals surface area contributed by atoms with Gasteiger partial charge in [-0.1, -0.05) is 30.3 Å². The van der Waals surface area contributed by atoms with E-state index >= 15 is 0 Å². The van der Waals surface area contributed by atoms with Crippen LogP contribution in [0.3, 0.4) is 0 Å². The Labute approximate surface area is 195 Å². The van der Waals surface area contributed by atoms with Crippen LogP contribution in [0.2, 0.25) is 0 Å². The summed E-state index contributed by atoms with van der Waals surface area (Å²) in [6.45, 7) is 0. The first-order valence-corrected chi connectivity index (χ1v) is 11.5. The van der Waals surface area contributed by atoms with Crippen LogP contribution in [0.1, 0.15) is 25.7 Å². The van der Waals surface area contributed by atoms with Crippen molar-refractivity contribution in [2.24, 2.45) is 0 Å². The Bertz CT molecular complexity index is 1660. The van der Waals surface area contributed by atoms with Gasteiger partial charge < -0.3 is 15.4 Å². The highest BCUT2D eigenvalue weighted by atomic mass is 16.3. The van der Waals surface area contributed by atoms with E-state index in [0.717, 1.165) is 58.9 Å². The van der Waals surface area contributed by atoms with Crippen molar-refractivity contribution < 1.29 is 5.11 Å². The Hall–Kier alpha value is -3.97. The van der Waals surface area contributed by atoms with Crippen LogP contribution >= 0.6 is 0 Å². The van der Waals surface area contributed by atoms with E-state index in [2.05, 4.69) is 20.7 Å². The SMILES string of the molecule is Nc1ncnc2c1c(-c1ccc3ccn(-c4ccccc4)c(=O)c3c1)cn2C12CCC(O)(C1)C2. The van der Waals surface area contributed by atoms with Gasteiger partial charge >= 0.3 is 0 Å². The minimum atomic E-state index is -0.555. The minimum Gasteiger partial charge on any atom is -0.390 e. The number of nitrogen functional groups attached to an aromatic ring is 1. The maximum absolute atomic E-state index is 13.4. The molecule has 0 aliphatic heterocycles. The molecule has 3 aliphatic rings. The highest BCUT2D eigenvalue weighted by Gasteiger charge is 2.61. The number of hydrogen-bond donors (Lipinski definition) is 2. The van der Waals surface area contributed by atoms with E-state index in [1.165, 1.54) is 6.33 Å². The van der Waals surface area contributed by atoms with Crippen molar-refractivity contribution in [1.29, 1.82) is 0 Å². The van der Waals surface area contributed by atoms with E-state index < -0.39 is 5.60 Å². The zero-order valence-electron chi connectivity index (χ0n) is 18.5. The molecule has 0 radical (unpaired) electrons. The monoisotopic (exact) mass is 449 g/mol. The summed E-state index contributed by atoms with van der Waals surface area (Å²) in [5.74, 6) is 0.414. The Balaban J connectivity index is 1.44. The van der Waals surface area contributed by atoms with Crippen molar-refractivity contribution in [3.05, 3.63) is 83.7 Å². The van der Waals surface area contributed by atoms with Gasteiger partial charge in [-0.2, -0.15) is 0 Å². The third kappa shape index (κ3) is 2.58. The van der Waals surface area contributed by atoms with Gasteiger partial charge in [0.2, 0.25) is 0 Å². The van der Waals surface area contributed by atoms with Gasteiger partial charge in [0.1, 0.15) is 17.8 Å². The third-order valence-electron chi connectivity index (χ3n) is 7.75. The molecule has 3 aromatic heterocycles. The van der Waals surface area contributed by atoms with Gasteiger partial charge in [-0.15, -0.1) is 0 Å². The van der Waals surface area contributed by atoms with E-state index in [1.54, 1.807) is 4.57 Å². The fraction of sp³-hybridized carbons (Fsp3) is 0.222. The molecule has 0 unspecified atom stereocenters. The molecule has 7 heteroatoms. The molecule has 34 heavy (non-hydrogen) atoms. The van der Waals surface area contributed by atoms with Gasteiger partial charge in [0.15, 0.2) is 0 Å². The third-order valence-corrected chi connectivity index (χ3v) is 7.75. The van der Waals surface area contributed by atoms with Gasteiger partial charge in [-0.05, 0) is 60.9 Å². The van der Waals surface area contributed by atoms with Crippen molar-refractivity contribution in [2.75, 3.05) is 5.73 Å². The molecule has 0 amide bonds. The summed E-state index contributed by atoms with van der Waals surface area (Å²) < 4.78 is 3.86. The van der Waals surface area contributed by atoms with Gasteiger partial charge in [0.25, 0.3) is 5.56 Å². The summed E-state index contributed by atoms with van der Waals surface area (Å²) in [6.07, 6.45) is 8.56. The Morgan fingerprint density at radius 1 is 1.00 bits per heavy atom. The average Bonchev–Trinajstić information content (AvgIpc) is 3.49. The summed E-state index contributed by atoms with van der Waals surface area (Å²) in [7, 11) is 0. The van der Waals surface area contributed by atoms with Crippen molar-refractivity contribution in [3.63, 3.8) is 0 Å². The molecule has 3 heterocycles. The van der Waals surface area contributed by atoms with Gasteiger partial charge in [-0.25, -0.2) is 9.97 Å². The zero-order valence-corrected chi connectivity index (χ0v) is 18.5. The zero-order chi connectivity index (χ0) is 23.1. The number of aliphatic hydroxyl groups is 1. The summed E-state index contributed by atoms with van der Waals surface area (Å²) >= 11 is 0. The first-order valence-electron chi connectivity index (χ1n) is 11.5. The number of para-hydroxylation sites is 1. The second kappa shape index (κ2) is 6.55. The molecule has 2 aromatic carbocycles. The van der Waals surface area contributed by atoms with Crippen LogP contribution in [0, 0.1) is 0 Å². The lowest BCUT2D eigenvalue weighted by Crippen LogP contribution is -2.49. The van der Waals surface area contributed by atoms with Gasteiger partial charge in [0, 0.05) is 29.0 Å². The Morgan fingerprint density at radius 3 is 2.59 bits per heavy atom. The predicted molar refractivity (Wildman–Crippen MR) is 132 cm³/mol. The van der Waals surface area contributed by atoms with Crippen molar-refractivity contribution in [2.45, 2.75) is 36.8 Å². The predicted octanol–water partition coefficient (Wildman–Crippen LogP) is 4.00. The molecule has 0 spiro atoms. The minimum absolute atomic E-state index is 0.0723. The van der Waals surface area contributed by atoms with Crippen LogP contribution in [-0.2, 0) is 5.54 Å². The van der Waals surface area contributed by atoms with Crippen molar-refractivity contribution >= 4 is 27.6 Å². The molecule has 3 saturated carbocycles. The molecule has 3 fully saturated rings. The van der Waals surface area contributed by atoms with Crippen molar-refractivity contribution in [1.82, 2.24) is 19.1 Å². The summed E-state index contributed by atoms with van der Waals surface area (Å²) in [4.78, 5) is 22.3. The number of anilines is 1. The molecule has 0 saturated heterocycles. The number of nitrogens with zero attached hydrogens (tertiary/aromatic N) is 4. The van der Waals surface area contributed by atoms with E-state index in [0.29, 0.717) is 11.2 Å². The molecular formula is C27H23N5O2. The van der Waals surface area contributed by atoms with Gasteiger partial charge in [-0.3, -0.25) is 9.36 Å². The smallest absolute Gasteiger partial charge is 0.262 e. The molecule has 5 aromatic rings. The number of fused-ring (bicyclic) bond motifs is 3. The number of benzene rings is 2. The molecular weight excluding hydrogens is 426 g/mol. The second-order valence-corrected chi connectivity index (χ2v) is 9.80. The molecule has 7 nitrogen and oxygen atoms in total. The lowest BCUT2D eigenvalue weighted by atomic mass is 9.73. The van der Waals surface area contributed by atoms with E-state index in [4.69, 9.17) is 5.73 Å². The maximum Gasteiger partial charge on any atom is 0.262 e. The Kier molecular flexibility index (Phi) is 3.75. The number of aromatic nitrogens is 4. The van der Waals surface area contributed by atoms with Crippen LogP contribution in [0.5, 0.6) is 0 Å². The van der Waals surface area contributed by atoms with Crippen molar-refractivity contribution in [3.8, 4) is 16.8 Å². The summed E-state index contributed by atoms with van der Waals surface area (Å²) in [5.41, 5.74) is 8.99. The lowest BCUT2D eigenvalue weighted by Gasteiger charge is -2.45. The van der Waals surface area contributed by atoms with Gasteiger partial charge in [0.05, 0.1) is 16.5 Å². The average molecular weight is 450 g/mol. The highest BCUT2D eigenvalue weighted by molar-refractivity contribution is 6.02. The largest absolute Gasteiger partial charge is 0.390 e. The molecule has 3 N–H and O–H groups in total. The van der Waals surface area contributed by atoms with Crippen LogP contribution < -0.4 is 11.3 Å². The number of hydrogen-bond acceptors (Lipinski definition) is 5. The standard InChI is InChI=1S/C27H23N5O2/c28-23-22-21(13-32(24(22)30-16-29-23)26-9-10-27(34,14-26)15-26)18-7-6-17-8-11-31(25(33)20(17)12-18)19-4-2-1-3-5-19/h1-8,11-13,16,34H,9-10,14-15H2,(H2,28,29,30). The Morgan fingerprint density at radius 2 is 1.82 bits per heavy atom. The first-order chi connectivity index (χ1) is 16.5. The van der Waals surface area contributed by atoms with E-state index in [9.17, 15) is 9.90 Å². The molecule has 2 bridgehead atoms. The summed E-state index contributed by atoms with van der Waals surface area (Å²) in [5, 5.41) is 12.9. The molecule has 8 rings (SSSR count). The number of rotatable bonds is 3. The lowest BCUT2D eigenvalue weighted by molar-refractivity contribution is -0.0578. The number of pyridine rings is 1. The highest BCUT2D eigenvalue weighted by Crippen LogP contribution is 2.60. The van der Waals surface area contributed by atoms with E-state index in [1.807, 2.05) is 60.8 Å². The first kappa shape index (κ1) is 19.5. The van der Waals surface area contributed by atoms with Crippen LogP contribution in [0.4, 0.5) is 5.82 Å².